The molecule has 0 radical (unpaired) electrons. The summed E-state index contributed by atoms with van der Waals surface area (Å²) in [5.41, 5.74) is 0. The molecule has 0 fully saturated rings. The lowest BCUT2D eigenvalue weighted by Gasteiger charge is -1.48. The topological polar surface area (TPSA) is 69.7 Å². The van der Waals surface area contributed by atoms with Crippen LogP contribution in [0.15, 0.2) is 6.33 Å². The van der Waals surface area contributed by atoms with E-state index < -0.39 is 0 Å². The summed E-state index contributed by atoms with van der Waals surface area (Å²) in [6.07, 6.45) is 1.26. The molecule has 0 unspecified atom stereocenters. The quantitative estimate of drug-likeness (QED) is 0.390. The van der Waals surface area contributed by atoms with Crippen LogP contribution in [0.4, 0.5) is 5.95 Å². The Kier molecular flexibility index (Phi) is 2.51. The summed E-state index contributed by atoms with van der Waals surface area (Å²) >= 11 is 0. The van der Waals surface area contributed by atoms with Gasteiger partial charge < -0.3 is 12.4 Å². The van der Waals surface area contributed by atoms with Crippen LogP contribution >= 0.6 is 0 Å². The highest BCUT2D eigenvalue weighted by atomic mass is 35.5. The maximum absolute atomic E-state index is 7.92. The number of nitrogens with zero attached hydrogens (tertiary/aromatic N) is 4. The third-order valence-electron chi connectivity index (χ3n) is 0.497. The van der Waals surface area contributed by atoms with Crippen LogP contribution in [-0.2, 0) is 0 Å². The van der Waals surface area contributed by atoms with Gasteiger partial charge in [0.1, 0.15) is 0 Å². The lowest BCUT2D eigenvalue weighted by Crippen LogP contribution is -3.00. The largest absolute Gasteiger partial charge is 1.00 e. The standard InChI is InChI=1S/C2H2N5.ClH/c3-6-2-4-1-5-7-2;/h1H,(H,4,5,7);1H/q+1;/p-1. The lowest BCUT2D eigenvalue weighted by molar-refractivity contribution is -0.00000189. The first-order valence-electron chi connectivity index (χ1n) is 1.64. The van der Waals surface area contributed by atoms with Gasteiger partial charge in [-0.2, -0.15) is 0 Å². The van der Waals surface area contributed by atoms with Gasteiger partial charge in [0.15, 0.2) is 0 Å². The van der Waals surface area contributed by atoms with Crippen molar-refractivity contribution >= 4 is 5.95 Å². The summed E-state index contributed by atoms with van der Waals surface area (Å²) in [5, 5.41) is 13.6. The minimum Gasteiger partial charge on any atom is -1.00 e. The first-order chi connectivity index (χ1) is 3.43. The van der Waals surface area contributed by atoms with Crippen molar-refractivity contribution in [3.63, 3.8) is 0 Å². The van der Waals surface area contributed by atoms with Gasteiger partial charge in [-0.3, -0.25) is 0 Å². The third-order valence-corrected chi connectivity index (χ3v) is 0.497. The van der Waals surface area contributed by atoms with Gasteiger partial charge in [-0.1, -0.05) is 5.10 Å². The lowest BCUT2D eigenvalue weighted by atomic mass is 11.1. The number of aromatic amines is 1. The number of halogens is 1. The summed E-state index contributed by atoms with van der Waals surface area (Å²) in [4.78, 5) is 6.15. The Balaban J connectivity index is 0.000000490. The minimum atomic E-state index is 0. The van der Waals surface area contributed by atoms with Crippen LogP contribution in [0.3, 0.4) is 0 Å². The summed E-state index contributed by atoms with van der Waals surface area (Å²) in [6, 6.07) is 0. The Labute approximate surface area is 51.2 Å². The number of H-pyrrole nitrogens is 1. The van der Waals surface area contributed by atoms with E-state index in [2.05, 4.69) is 20.2 Å². The highest BCUT2D eigenvalue weighted by molar-refractivity contribution is 5.18. The van der Waals surface area contributed by atoms with Gasteiger partial charge in [-0.25, -0.2) is 0 Å². The van der Waals surface area contributed by atoms with Crippen molar-refractivity contribution in [3.8, 4) is 0 Å². The van der Waals surface area contributed by atoms with Crippen LogP contribution in [0.25, 0.3) is 4.98 Å². The molecule has 1 aromatic heterocycles. The summed E-state index contributed by atoms with van der Waals surface area (Å²) in [6.45, 7) is 0. The Hall–Kier alpha value is -1.15. The third kappa shape index (κ3) is 1.17. The van der Waals surface area contributed by atoms with Gasteiger partial charge in [0.05, 0.1) is 5.39 Å². The number of hydrogen-bond acceptors (Lipinski definition) is 3. The number of rotatable bonds is 0. The van der Waals surface area contributed by atoms with Crippen LogP contribution in [0, 0.1) is 5.39 Å². The number of diazo groups is 1. The van der Waals surface area contributed by atoms with E-state index in [1.54, 1.807) is 0 Å². The zero-order valence-electron chi connectivity index (χ0n) is 3.74. The molecule has 0 spiro atoms. The monoisotopic (exact) mass is 131 g/mol. The molecule has 5 nitrogen and oxygen atoms in total. The summed E-state index contributed by atoms with van der Waals surface area (Å²) in [5.74, 6) is 0.125. The molecule has 1 rings (SSSR count). The molecule has 0 atom stereocenters. The molecule has 0 aliphatic heterocycles. The van der Waals surface area contributed by atoms with Crippen molar-refractivity contribution < 1.29 is 12.4 Å². The van der Waals surface area contributed by atoms with Crippen molar-refractivity contribution in [1.29, 1.82) is 5.39 Å². The van der Waals surface area contributed by atoms with Crippen LogP contribution in [0.2, 0.25) is 0 Å². The number of aromatic nitrogens is 3. The number of nitrogens with one attached hydrogen (secondary N) is 1. The molecule has 0 bridgehead atoms. The molecule has 0 amide bonds. The highest BCUT2D eigenvalue weighted by Crippen LogP contribution is 1.93. The second-order valence-corrected chi connectivity index (χ2v) is 0.909. The van der Waals surface area contributed by atoms with Crippen LogP contribution in [-0.4, -0.2) is 15.2 Å². The Morgan fingerprint density at radius 3 is 2.75 bits per heavy atom. The SMILES string of the molecule is N#[N+]c1ncn[nH]1.[Cl-]. The molecule has 1 aromatic rings. The first-order valence-corrected chi connectivity index (χ1v) is 1.64. The van der Waals surface area contributed by atoms with E-state index in [1.165, 1.54) is 6.33 Å². The summed E-state index contributed by atoms with van der Waals surface area (Å²) in [7, 11) is 0. The summed E-state index contributed by atoms with van der Waals surface area (Å²) < 4.78 is 0. The molecule has 1 N–H and O–H groups in total. The molecule has 42 valence electrons. The van der Waals surface area contributed by atoms with Crippen LogP contribution in [0.1, 0.15) is 0 Å². The molecule has 0 aliphatic carbocycles. The molecule has 0 aromatic carbocycles. The maximum atomic E-state index is 7.92. The Morgan fingerprint density at radius 1 is 1.75 bits per heavy atom. The van der Waals surface area contributed by atoms with Gasteiger partial charge in [0, 0.05) is 0 Å². The fraction of sp³-hybridized carbons (Fsp3) is 0. The van der Waals surface area contributed by atoms with E-state index in [0.29, 0.717) is 0 Å². The molecular formula is C2H2ClN5. The van der Waals surface area contributed by atoms with Crippen LogP contribution < -0.4 is 12.4 Å². The van der Waals surface area contributed by atoms with Gasteiger partial charge in [-0.05, 0) is 9.96 Å². The van der Waals surface area contributed by atoms with Gasteiger partial charge in [0.25, 0.3) is 0 Å². The predicted molar refractivity (Wildman–Crippen MR) is 21.1 cm³/mol. The predicted octanol–water partition coefficient (Wildman–Crippen LogP) is -2.71. The highest BCUT2D eigenvalue weighted by Gasteiger charge is 2.00. The van der Waals surface area contributed by atoms with E-state index in [-0.39, 0.29) is 18.4 Å². The van der Waals surface area contributed by atoms with E-state index in [1.807, 2.05) is 0 Å². The average Bonchev–Trinajstić information content (AvgIpc) is 2.14. The first kappa shape index (κ1) is 6.85. The minimum absolute atomic E-state index is 0. The second kappa shape index (κ2) is 2.93. The van der Waals surface area contributed by atoms with E-state index in [0.717, 1.165) is 0 Å². The zero-order valence-corrected chi connectivity index (χ0v) is 4.50. The van der Waals surface area contributed by atoms with E-state index >= 15 is 0 Å². The molecule has 8 heavy (non-hydrogen) atoms. The molecule has 6 heteroatoms. The van der Waals surface area contributed by atoms with Gasteiger partial charge >= 0.3 is 5.95 Å². The fourth-order valence-electron chi connectivity index (χ4n) is 0.247. The average molecular weight is 132 g/mol. The van der Waals surface area contributed by atoms with Crippen molar-refractivity contribution in [2.75, 3.05) is 0 Å². The molecule has 0 saturated heterocycles. The fourth-order valence-corrected chi connectivity index (χ4v) is 0.247. The van der Waals surface area contributed by atoms with E-state index in [9.17, 15) is 0 Å². The van der Waals surface area contributed by atoms with Gasteiger partial charge in [0.2, 0.25) is 6.33 Å². The molecular weight excluding hydrogens is 130 g/mol. The second-order valence-electron chi connectivity index (χ2n) is 0.909. The molecule has 0 saturated carbocycles. The van der Waals surface area contributed by atoms with Crippen molar-refractivity contribution in [3.05, 3.63) is 11.3 Å². The maximum Gasteiger partial charge on any atom is 0.546 e. The zero-order chi connectivity index (χ0) is 5.11. The smallest absolute Gasteiger partial charge is 0.546 e. The van der Waals surface area contributed by atoms with Crippen molar-refractivity contribution in [2.24, 2.45) is 0 Å². The van der Waals surface area contributed by atoms with Crippen molar-refractivity contribution in [1.82, 2.24) is 15.2 Å². The van der Waals surface area contributed by atoms with Crippen LogP contribution in [0.5, 0.6) is 0 Å². The normalized spacial score (nSPS) is 6.88. The van der Waals surface area contributed by atoms with Crippen molar-refractivity contribution in [2.45, 2.75) is 0 Å². The Morgan fingerprint density at radius 2 is 2.50 bits per heavy atom. The van der Waals surface area contributed by atoms with Gasteiger partial charge in [-0.15, -0.1) is 5.10 Å². The Bertz CT molecular complexity index is 173. The van der Waals surface area contributed by atoms with E-state index in [4.69, 9.17) is 5.39 Å². The number of hydrogen-bond donors (Lipinski definition) is 1. The molecule has 0 aliphatic rings. The molecule has 1 heterocycles.